The second-order valence-corrected chi connectivity index (χ2v) is 6.51. The first-order chi connectivity index (χ1) is 13.6. The topological polar surface area (TPSA) is 76.9 Å². The summed E-state index contributed by atoms with van der Waals surface area (Å²) in [6.45, 7) is 1.53. The van der Waals surface area contributed by atoms with Crippen molar-refractivity contribution < 1.29 is 4.79 Å². The van der Waals surface area contributed by atoms with Crippen LogP contribution < -0.4 is 10.9 Å². The molecule has 2 heterocycles. The van der Waals surface area contributed by atoms with Gasteiger partial charge in [-0.25, -0.2) is 9.55 Å². The first kappa shape index (κ1) is 17.6. The number of hydrogen-bond donors (Lipinski definition) is 1. The molecule has 4 rings (SSSR count). The summed E-state index contributed by atoms with van der Waals surface area (Å²) in [5, 5.41) is 3.66. The van der Waals surface area contributed by atoms with Crippen LogP contribution in [0.25, 0.3) is 16.6 Å². The molecule has 2 aromatic carbocycles. The van der Waals surface area contributed by atoms with Crippen molar-refractivity contribution in [3.8, 4) is 5.69 Å². The highest BCUT2D eigenvalue weighted by Crippen LogP contribution is 2.20. The fourth-order valence-electron chi connectivity index (χ4n) is 3.10. The molecule has 2 aromatic heterocycles. The van der Waals surface area contributed by atoms with E-state index < -0.39 is 0 Å². The molecule has 1 N–H and O–H groups in total. The molecular weight excluding hydrogens is 352 g/mol. The number of anilines is 2. The summed E-state index contributed by atoms with van der Waals surface area (Å²) in [4.78, 5) is 33.6. The van der Waals surface area contributed by atoms with E-state index in [9.17, 15) is 9.59 Å². The first-order valence-corrected chi connectivity index (χ1v) is 8.89. The third-order valence-electron chi connectivity index (χ3n) is 4.32. The molecule has 0 amide bonds. The smallest absolute Gasteiger partial charge is 0.267 e. The molecule has 0 unspecified atom stereocenters. The minimum absolute atomic E-state index is 0.0468. The van der Waals surface area contributed by atoms with E-state index in [4.69, 9.17) is 0 Å². The predicted molar refractivity (Wildman–Crippen MR) is 109 cm³/mol. The molecule has 28 heavy (non-hydrogen) atoms. The Hall–Kier alpha value is -3.80. The summed E-state index contributed by atoms with van der Waals surface area (Å²) in [7, 11) is 0. The lowest BCUT2D eigenvalue weighted by Gasteiger charge is -2.15. The molecule has 0 spiro atoms. The second kappa shape index (κ2) is 7.44. The van der Waals surface area contributed by atoms with Crippen LogP contribution in [0.15, 0.2) is 77.9 Å². The van der Waals surface area contributed by atoms with Crippen molar-refractivity contribution in [3.63, 3.8) is 0 Å². The average Bonchev–Trinajstić information content (AvgIpc) is 2.70. The van der Waals surface area contributed by atoms with Crippen molar-refractivity contribution in [2.75, 3.05) is 5.32 Å². The van der Waals surface area contributed by atoms with Gasteiger partial charge in [0.2, 0.25) is 5.95 Å². The lowest BCUT2D eigenvalue weighted by atomic mass is 10.1. The van der Waals surface area contributed by atoms with Crippen LogP contribution >= 0.6 is 0 Å². The van der Waals surface area contributed by atoms with Crippen molar-refractivity contribution in [2.24, 2.45) is 0 Å². The van der Waals surface area contributed by atoms with E-state index in [1.807, 2.05) is 48.5 Å². The van der Waals surface area contributed by atoms with Crippen LogP contribution in [-0.4, -0.2) is 20.3 Å². The number of fused-ring (bicyclic) bond motifs is 1. The summed E-state index contributed by atoms with van der Waals surface area (Å²) < 4.78 is 1.53. The Kier molecular flexibility index (Phi) is 4.68. The van der Waals surface area contributed by atoms with Gasteiger partial charge in [-0.3, -0.25) is 14.6 Å². The number of hydrogen-bond acceptors (Lipinski definition) is 5. The average molecular weight is 370 g/mol. The number of aromatic nitrogens is 3. The third-order valence-corrected chi connectivity index (χ3v) is 4.32. The Bertz CT molecular complexity index is 1200. The number of pyridine rings is 1. The molecule has 6 nitrogen and oxygen atoms in total. The maximum atomic E-state index is 13.4. The van der Waals surface area contributed by atoms with E-state index in [0.29, 0.717) is 22.5 Å². The number of benzene rings is 2. The summed E-state index contributed by atoms with van der Waals surface area (Å²) in [5.74, 6) is 0.446. The van der Waals surface area contributed by atoms with Gasteiger partial charge >= 0.3 is 0 Å². The van der Waals surface area contributed by atoms with Gasteiger partial charge in [-0.15, -0.1) is 0 Å². The highest BCUT2D eigenvalue weighted by molar-refractivity contribution is 5.83. The van der Waals surface area contributed by atoms with Gasteiger partial charge in [0, 0.05) is 12.6 Å². The Balaban J connectivity index is 1.94. The molecule has 0 bridgehead atoms. The summed E-state index contributed by atoms with van der Waals surface area (Å²) in [6.07, 6.45) is 3.64. The summed E-state index contributed by atoms with van der Waals surface area (Å²) >= 11 is 0. The van der Waals surface area contributed by atoms with E-state index >= 15 is 0 Å². The number of ketones is 1. The zero-order chi connectivity index (χ0) is 19.5. The SMILES string of the molecule is CC(=O)Cc1ccc2nc(Nc3cccnc3)n(-c3ccccc3)c(=O)c2c1. The molecule has 0 saturated heterocycles. The van der Waals surface area contributed by atoms with Crippen LogP contribution in [0.3, 0.4) is 0 Å². The molecule has 138 valence electrons. The molecule has 0 aliphatic heterocycles. The lowest BCUT2D eigenvalue weighted by Crippen LogP contribution is -2.23. The Labute approximate surface area is 161 Å². The molecule has 4 aromatic rings. The van der Waals surface area contributed by atoms with Crippen molar-refractivity contribution >= 4 is 28.3 Å². The fraction of sp³-hybridized carbons (Fsp3) is 0.0909. The molecule has 0 saturated carbocycles. The van der Waals surface area contributed by atoms with Gasteiger partial charge in [-0.05, 0) is 48.9 Å². The molecule has 6 heteroatoms. The van der Waals surface area contributed by atoms with E-state index in [-0.39, 0.29) is 17.8 Å². The second-order valence-electron chi connectivity index (χ2n) is 6.51. The van der Waals surface area contributed by atoms with Gasteiger partial charge < -0.3 is 5.32 Å². The highest BCUT2D eigenvalue weighted by atomic mass is 16.1. The molecule has 0 aliphatic rings. The molecule has 0 atom stereocenters. The number of nitrogens with one attached hydrogen (secondary N) is 1. The zero-order valence-electron chi connectivity index (χ0n) is 15.3. The first-order valence-electron chi connectivity index (χ1n) is 8.89. The normalized spacial score (nSPS) is 10.8. The van der Waals surface area contributed by atoms with Crippen LogP contribution in [0, 0.1) is 0 Å². The standard InChI is InChI=1S/C22H18N4O2/c1-15(27)12-16-9-10-20-19(13-16)21(28)26(18-7-3-2-4-8-18)22(25-20)24-17-6-5-11-23-14-17/h2-11,13-14H,12H2,1H3,(H,24,25). The zero-order valence-corrected chi connectivity index (χ0v) is 15.3. The minimum Gasteiger partial charge on any atom is -0.324 e. The van der Waals surface area contributed by atoms with Crippen LogP contribution in [0.5, 0.6) is 0 Å². The van der Waals surface area contributed by atoms with Crippen molar-refractivity contribution in [3.05, 3.63) is 89.0 Å². The summed E-state index contributed by atoms with van der Waals surface area (Å²) in [5.41, 5.74) is 2.59. The van der Waals surface area contributed by atoms with Gasteiger partial charge in [0.15, 0.2) is 0 Å². The van der Waals surface area contributed by atoms with E-state index in [1.54, 1.807) is 24.5 Å². The molecular formula is C22H18N4O2. The van der Waals surface area contributed by atoms with Gasteiger partial charge in [0.25, 0.3) is 5.56 Å². The minimum atomic E-state index is -0.201. The van der Waals surface area contributed by atoms with Crippen molar-refractivity contribution in [1.82, 2.24) is 14.5 Å². The van der Waals surface area contributed by atoms with Crippen LogP contribution in [-0.2, 0) is 11.2 Å². The van der Waals surface area contributed by atoms with Crippen molar-refractivity contribution in [1.29, 1.82) is 0 Å². The van der Waals surface area contributed by atoms with Crippen LogP contribution in [0.2, 0.25) is 0 Å². The number of rotatable bonds is 5. The van der Waals surface area contributed by atoms with E-state index in [0.717, 1.165) is 11.3 Å². The highest BCUT2D eigenvalue weighted by Gasteiger charge is 2.14. The fourth-order valence-corrected chi connectivity index (χ4v) is 3.10. The van der Waals surface area contributed by atoms with E-state index in [2.05, 4.69) is 15.3 Å². The number of Topliss-reactive ketones (excluding diaryl/α,β-unsaturated/α-hetero) is 1. The summed E-state index contributed by atoms with van der Waals surface area (Å²) in [6, 6.07) is 18.3. The van der Waals surface area contributed by atoms with Crippen molar-refractivity contribution in [2.45, 2.75) is 13.3 Å². The molecule has 0 aliphatic carbocycles. The number of nitrogens with zero attached hydrogens (tertiary/aromatic N) is 3. The number of carbonyl (C=O) groups excluding carboxylic acids is 1. The Morgan fingerprint density at radius 1 is 1.07 bits per heavy atom. The van der Waals surface area contributed by atoms with E-state index in [1.165, 1.54) is 11.5 Å². The monoisotopic (exact) mass is 370 g/mol. The predicted octanol–water partition coefficient (Wildman–Crippen LogP) is 3.66. The lowest BCUT2D eigenvalue weighted by molar-refractivity contribution is -0.116. The van der Waals surface area contributed by atoms with Gasteiger partial charge in [0.1, 0.15) is 5.78 Å². The largest absolute Gasteiger partial charge is 0.324 e. The number of para-hydroxylation sites is 1. The van der Waals surface area contributed by atoms with Crippen LogP contribution in [0.4, 0.5) is 11.6 Å². The third kappa shape index (κ3) is 3.53. The maximum absolute atomic E-state index is 13.4. The molecule has 0 radical (unpaired) electrons. The molecule has 0 fully saturated rings. The Morgan fingerprint density at radius 2 is 1.89 bits per heavy atom. The van der Waals surface area contributed by atoms with Gasteiger partial charge in [0.05, 0.1) is 28.5 Å². The van der Waals surface area contributed by atoms with Gasteiger partial charge in [-0.2, -0.15) is 0 Å². The van der Waals surface area contributed by atoms with Gasteiger partial charge in [-0.1, -0.05) is 24.3 Å². The van der Waals surface area contributed by atoms with Crippen LogP contribution in [0.1, 0.15) is 12.5 Å². The maximum Gasteiger partial charge on any atom is 0.267 e. The number of carbonyl (C=O) groups is 1. The quantitative estimate of drug-likeness (QED) is 0.580. The Morgan fingerprint density at radius 3 is 2.61 bits per heavy atom.